The molecule has 304 valence electrons. The van der Waals surface area contributed by atoms with E-state index in [4.69, 9.17) is 14.2 Å². The van der Waals surface area contributed by atoms with Crippen LogP contribution in [0.5, 0.6) is 11.5 Å². The van der Waals surface area contributed by atoms with Gasteiger partial charge in [-0.25, -0.2) is 30.0 Å². The second kappa shape index (κ2) is 20.7. The first-order chi connectivity index (χ1) is 25.0. The van der Waals surface area contributed by atoms with Crippen molar-refractivity contribution in [1.82, 2.24) is 0 Å². The molecule has 0 saturated heterocycles. The van der Waals surface area contributed by atoms with Gasteiger partial charge >= 0.3 is 5.97 Å². The van der Waals surface area contributed by atoms with Gasteiger partial charge in [0, 0.05) is 11.7 Å². The molecule has 15 nitrogen and oxygen atoms in total. The van der Waals surface area contributed by atoms with Crippen molar-refractivity contribution in [3.63, 3.8) is 0 Å². The van der Waals surface area contributed by atoms with E-state index in [0.717, 1.165) is 56.2 Å². The van der Waals surface area contributed by atoms with Gasteiger partial charge in [-0.05, 0) is 42.8 Å². The fourth-order valence-corrected chi connectivity index (χ4v) is 6.81. The van der Waals surface area contributed by atoms with Crippen LogP contribution in [-0.2, 0) is 49.0 Å². The Hall–Kier alpha value is -3.90. The molecule has 0 aromatic heterocycles. The predicted octanol–water partition coefficient (Wildman–Crippen LogP) is 5.68. The lowest BCUT2D eigenvalue weighted by Gasteiger charge is -2.26. The minimum absolute atomic E-state index is 0.0132. The average Bonchev–Trinajstić information content (AvgIpc) is 3.03. The van der Waals surface area contributed by atoms with Crippen molar-refractivity contribution in [1.29, 1.82) is 0 Å². The lowest BCUT2D eigenvalue weighted by molar-refractivity contribution is -0.146. The predicted molar refractivity (Wildman–Crippen MR) is 209 cm³/mol. The highest BCUT2D eigenvalue weighted by atomic mass is 32.2. The summed E-state index contributed by atoms with van der Waals surface area (Å²) in [5.41, 5.74) is -1.66. The van der Waals surface area contributed by atoms with Crippen molar-refractivity contribution < 1.29 is 53.8 Å². The summed E-state index contributed by atoms with van der Waals surface area (Å²) < 4.78 is 93.8. The third-order valence-electron chi connectivity index (χ3n) is 7.78. The van der Waals surface area contributed by atoms with Gasteiger partial charge in [0.1, 0.15) is 11.5 Å². The highest BCUT2D eigenvalue weighted by molar-refractivity contribution is 7.92. The Kier molecular flexibility index (Phi) is 17.7. The molecule has 0 spiro atoms. The Balaban J connectivity index is 2.27. The lowest BCUT2D eigenvalue weighted by Crippen LogP contribution is -2.45. The van der Waals surface area contributed by atoms with E-state index in [9.17, 15) is 39.6 Å². The van der Waals surface area contributed by atoms with Crippen LogP contribution in [0.3, 0.4) is 0 Å². The van der Waals surface area contributed by atoms with E-state index < -0.39 is 65.7 Å². The van der Waals surface area contributed by atoms with E-state index in [-0.39, 0.29) is 40.1 Å². The van der Waals surface area contributed by atoms with E-state index in [2.05, 4.69) is 21.7 Å². The van der Waals surface area contributed by atoms with Crippen LogP contribution in [0.1, 0.15) is 91.9 Å². The first kappa shape index (κ1) is 46.3. The quantitative estimate of drug-likeness (QED) is 0.0663. The van der Waals surface area contributed by atoms with Crippen LogP contribution >= 0.6 is 0 Å². The zero-order valence-electron chi connectivity index (χ0n) is 32.2. The number of hydrogen-bond donors (Lipinski definition) is 3. The Bertz CT molecular complexity index is 1920. The SMILES string of the molecule is CCCCCCCCCCCCOC(=O)COc1ccc(NS(C)(=O)=O)cc1NC(=O)C(Oc1ccc(S(C)(=O)=O)cc1NS(C)(=O)=O)C(=O)C(C)(C)C. The van der Waals surface area contributed by atoms with Crippen LogP contribution < -0.4 is 24.2 Å². The molecule has 18 heteroatoms. The number of rotatable bonds is 24. The number of hydrogen-bond acceptors (Lipinski definition) is 12. The number of anilines is 3. The minimum atomic E-state index is -3.99. The molecule has 1 unspecified atom stereocenters. The summed E-state index contributed by atoms with van der Waals surface area (Å²) in [5.74, 6) is -2.90. The molecular weight excluding hydrogens is 763 g/mol. The van der Waals surface area contributed by atoms with Crippen molar-refractivity contribution in [3.8, 4) is 11.5 Å². The van der Waals surface area contributed by atoms with E-state index in [1.54, 1.807) is 0 Å². The summed E-state index contributed by atoms with van der Waals surface area (Å²) >= 11 is 0. The standard InChI is InChI=1S/C36H55N3O12S3/c1-8-9-10-11-12-13-14-15-16-17-22-49-32(40)25-50-30-20-18-26(38-53(6,45)46)23-28(30)37-35(42)33(34(41)36(2,3)4)51-31-21-19-27(52(5,43)44)24-29(31)39-54(7,47)48/h18-21,23-24,33,38-39H,8-17,22,25H2,1-7H3,(H,37,42). The highest BCUT2D eigenvalue weighted by Crippen LogP contribution is 2.33. The van der Waals surface area contributed by atoms with E-state index in [0.29, 0.717) is 6.42 Å². The number of benzene rings is 2. The maximum Gasteiger partial charge on any atom is 0.344 e. The van der Waals surface area contributed by atoms with Crippen LogP contribution in [0, 0.1) is 5.41 Å². The molecular formula is C36H55N3O12S3. The second-order valence-corrected chi connectivity index (χ2v) is 19.7. The Morgan fingerprint density at radius 3 is 1.80 bits per heavy atom. The molecule has 0 fully saturated rings. The number of amides is 1. The summed E-state index contributed by atoms with van der Waals surface area (Å²) in [6.07, 6.45) is 11.9. The lowest BCUT2D eigenvalue weighted by atomic mass is 9.87. The number of unbranched alkanes of at least 4 members (excludes halogenated alkanes) is 9. The van der Waals surface area contributed by atoms with Gasteiger partial charge in [0.2, 0.25) is 26.2 Å². The number of ether oxygens (including phenoxy) is 3. The minimum Gasteiger partial charge on any atom is -0.480 e. The van der Waals surface area contributed by atoms with Crippen LogP contribution in [-0.4, -0.2) is 81.0 Å². The Morgan fingerprint density at radius 2 is 1.26 bits per heavy atom. The fraction of sp³-hybridized carbons (Fsp3) is 0.583. The van der Waals surface area contributed by atoms with E-state index in [1.807, 2.05) is 0 Å². The monoisotopic (exact) mass is 817 g/mol. The molecule has 2 aromatic carbocycles. The summed E-state index contributed by atoms with van der Waals surface area (Å²) in [6, 6.07) is 7.06. The number of sulfone groups is 1. The van der Waals surface area contributed by atoms with Crippen LogP contribution in [0.15, 0.2) is 41.3 Å². The van der Waals surface area contributed by atoms with Gasteiger partial charge in [-0.3, -0.25) is 19.0 Å². The van der Waals surface area contributed by atoms with Crippen molar-refractivity contribution in [2.24, 2.45) is 5.41 Å². The third kappa shape index (κ3) is 17.5. The van der Waals surface area contributed by atoms with Gasteiger partial charge in [0.25, 0.3) is 5.91 Å². The zero-order chi connectivity index (χ0) is 40.7. The van der Waals surface area contributed by atoms with Crippen molar-refractivity contribution >= 4 is 64.6 Å². The number of carbonyl (C=O) groups excluding carboxylic acids is 3. The summed E-state index contributed by atoms with van der Waals surface area (Å²) in [4.78, 5) is 39.7. The number of esters is 1. The smallest absolute Gasteiger partial charge is 0.344 e. The summed E-state index contributed by atoms with van der Waals surface area (Å²) in [6.45, 7) is 6.41. The molecule has 0 heterocycles. The van der Waals surface area contributed by atoms with Gasteiger partial charge in [-0.15, -0.1) is 0 Å². The number of nitrogens with one attached hydrogen (secondary N) is 3. The zero-order valence-corrected chi connectivity index (χ0v) is 34.6. The molecule has 1 amide bonds. The van der Waals surface area contributed by atoms with Crippen molar-refractivity contribution in [3.05, 3.63) is 36.4 Å². The van der Waals surface area contributed by atoms with Crippen LogP contribution in [0.25, 0.3) is 0 Å². The van der Waals surface area contributed by atoms with E-state index in [1.165, 1.54) is 77.5 Å². The molecule has 54 heavy (non-hydrogen) atoms. The molecule has 3 N–H and O–H groups in total. The average molecular weight is 818 g/mol. The molecule has 0 radical (unpaired) electrons. The normalized spacial score (nSPS) is 12.7. The molecule has 0 aliphatic carbocycles. The molecule has 0 aliphatic rings. The van der Waals surface area contributed by atoms with Gasteiger partial charge in [0.05, 0.1) is 41.1 Å². The van der Waals surface area contributed by atoms with Gasteiger partial charge < -0.3 is 19.5 Å². The van der Waals surface area contributed by atoms with Gasteiger partial charge in [-0.1, -0.05) is 85.5 Å². The first-order valence-electron chi connectivity index (χ1n) is 17.7. The summed E-state index contributed by atoms with van der Waals surface area (Å²) in [5, 5.41) is 2.50. The second-order valence-electron chi connectivity index (χ2n) is 14.2. The van der Waals surface area contributed by atoms with Crippen LogP contribution in [0.2, 0.25) is 0 Å². The number of sulfonamides is 2. The topological polar surface area (TPSA) is 217 Å². The largest absolute Gasteiger partial charge is 0.480 e. The number of Topliss-reactive ketones (excluding diaryl/α,β-unsaturated/α-hetero) is 1. The Morgan fingerprint density at radius 1 is 0.704 bits per heavy atom. The molecule has 0 saturated carbocycles. The Labute approximate surface area is 320 Å². The van der Waals surface area contributed by atoms with Crippen molar-refractivity contribution in [2.45, 2.75) is 103 Å². The molecule has 0 aliphatic heterocycles. The molecule has 2 aromatic rings. The molecule has 1 atom stereocenters. The first-order valence-corrected chi connectivity index (χ1v) is 23.4. The van der Waals surface area contributed by atoms with Crippen LogP contribution in [0.4, 0.5) is 17.1 Å². The summed E-state index contributed by atoms with van der Waals surface area (Å²) in [7, 11) is -11.6. The molecule has 0 bridgehead atoms. The molecule has 2 rings (SSSR count). The maximum absolute atomic E-state index is 13.9. The maximum atomic E-state index is 13.9. The van der Waals surface area contributed by atoms with Crippen molar-refractivity contribution in [2.75, 3.05) is 46.7 Å². The van der Waals surface area contributed by atoms with E-state index >= 15 is 0 Å². The number of ketones is 1. The highest BCUT2D eigenvalue weighted by Gasteiger charge is 2.38. The fourth-order valence-electron chi connectivity index (χ4n) is 5.05. The van der Waals surface area contributed by atoms with Gasteiger partial charge in [0.15, 0.2) is 22.2 Å². The third-order valence-corrected chi connectivity index (χ3v) is 10.1. The van der Waals surface area contributed by atoms with Gasteiger partial charge in [-0.2, -0.15) is 0 Å². The number of carbonyl (C=O) groups is 3.